The van der Waals surface area contributed by atoms with Crippen LogP contribution in [-0.4, -0.2) is 26.2 Å². The highest BCUT2D eigenvalue weighted by Gasteiger charge is 2.07. The van der Waals surface area contributed by atoms with E-state index in [0.717, 1.165) is 10.0 Å². The number of rotatable bonds is 4. The third-order valence-electron chi connectivity index (χ3n) is 2.58. The lowest BCUT2D eigenvalue weighted by atomic mass is 10.1. The van der Waals surface area contributed by atoms with Gasteiger partial charge < -0.3 is 15.5 Å². The van der Waals surface area contributed by atoms with Crippen molar-refractivity contribution in [3.63, 3.8) is 0 Å². The van der Waals surface area contributed by atoms with Crippen LogP contribution >= 0.6 is 15.9 Å². The Morgan fingerprint density at radius 3 is 2.53 bits per heavy atom. The molecule has 100 valence electrons. The number of nitrogens with one attached hydrogen (secondary N) is 1. The predicted octanol–water partition coefficient (Wildman–Crippen LogP) is 2.69. The molecule has 0 amide bonds. The van der Waals surface area contributed by atoms with Crippen LogP contribution in [0, 0.1) is 0 Å². The number of aromatic nitrogens is 2. The van der Waals surface area contributed by atoms with Gasteiger partial charge in [-0.15, -0.1) is 0 Å². The molecule has 0 fully saturated rings. The van der Waals surface area contributed by atoms with Gasteiger partial charge in [-0.3, -0.25) is 0 Å². The summed E-state index contributed by atoms with van der Waals surface area (Å²) in [5, 5.41) is 21.8. The molecule has 0 aliphatic heterocycles. The van der Waals surface area contributed by atoms with Gasteiger partial charge in [-0.2, -0.15) is 0 Å². The van der Waals surface area contributed by atoms with E-state index < -0.39 is 0 Å². The second-order valence-corrected chi connectivity index (χ2v) is 5.21. The molecule has 19 heavy (non-hydrogen) atoms. The van der Waals surface area contributed by atoms with E-state index in [0.29, 0.717) is 12.4 Å². The van der Waals surface area contributed by atoms with Crippen LogP contribution in [0.25, 0.3) is 0 Å². The minimum atomic E-state index is -0.111. The van der Waals surface area contributed by atoms with E-state index in [4.69, 9.17) is 0 Å². The molecule has 3 N–H and O–H groups in total. The van der Waals surface area contributed by atoms with Gasteiger partial charge in [0.25, 0.3) is 0 Å². The predicted molar refractivity (Wildman–Crippen MR) is 76.3 cm³/mol. The normalized spacial score (nSPS) is 12.1. The van der Waals surface area contributed by atoms with Crippen LogP contribution in [0.5, 0.6) is 11.5 Å². The van der Waals surface area contributed by atoms with Crippen molar-refractivity contribution in [3.8, 4) is 11.5 Å². The van der Waals surface area contributed by atoms with Crippen LogP contribution < -0.4 is 5.32 Å². The van der Waals surface area contributed by atoms with Gasteiger partial charge in [0.05, 0.1) is 4.47 Å². The van der Waals surface area contributed by atoms with Crippen molar-refractivity contribution >= 4 is 21.9 Å². The number of hydrogen-bond donors (Lipinski definition) is 3. The van der Waals surface area contributed by atoms with E-state index >= 15 is 0 Å². The molecule has 0 aliphatic rings. The Morgan fingerprint density at radius 2 is 1.89 bits per heavy atom. The number of phenolic OH excluding ortho intramolecular Hbond substituents is 2. The molecule has 0 unspecified atom stereocenters. The summed E-state index contributed by atoms with van der Waals surface area (Å²) in [5.74, 6) is 0.337. The first-order valence-corrected chi connectivity index (χ1v) is 6.59. The number of halogens is 1. The summed E-state index contributed by atoms with van der Waals surface area (Å²) in [6.45, 7) is 2.00. The molecule has 1 heterocycles. The number of hydrogen-bond acceptors (Lipinski definition) is 5. The molecule has 2 rings (SSSR count). The van der Waals surface area contributed by atoms with E-state index in [9.17, 15) is 10.2 Å². The van der Waals surface area contributed by atoms with E-state index in [2.05, 4.69) is 31.2 Å². The standard InChI is InChI=1S/C13H14BrN3O2/c1-8(17-13-15-6-10(14)7-16-13)4-9-2-3-11(18)12(19)5-9/h2-3,5-8,18-19H,4H2,1H3,(H,15,16,17)/t8-/m0/s1. The van der Waals surface area contributed by atoms with Crippen molar-refractivity contribution in [3.05, 3.63) is 40.6 Å². The van der Waals surface area contributed by atoms with Gasteiger partial charge in [-0.25, -0.2) is 9.97 Å². The molecule has 0 spiro atoms. The molecule has 0 bridgehead atoms. The third-order valence-corrected chi connectivity index (χ3v) is 2.99. The summed E-state index contributed by atoms with van der Waals surface area (Å²) in [6, 6.07) is 4.91. The second kappa shape index (κ2) is 5.88. The number of benzene rings is 1. The van der Waals surface area contributed by atoms with Crippen LogP contribution in [0.15, 0.2) is 35.1 Å². The fraction of sp³-hybridized carbons (Fsp3) is 0.231. The monoisotopic (exact) mass is 323 g/mol. The Hall–Kier alpha value is -1.82. The average Bonchev–Trinajstić information content (AvgIpc) is 2.37. The summed E-state index contributed by atoms with van der Waals surface area (Å²) >= 11 is 3.28. The highest BCUT2D eigenvalue weighted by Crippen LogP contribution is 2.25. The number of aromatic hydroxyl groups is 2. The minimum absolute atomic E-state index is 0.102. The first-order valence-electron chi connectivity index (χ1n) is 5.79. The van der Waals surface area contributed by atoms with Crippen molar-refractivity contribution in [1.29, 1.82) is 0 Å². The zero-order valence-electron chi connectivity index (χ0n) is 10.3. The smallest absolute Gasteiger partial charge is 0.222 e. The van der Waals surface area contributed by atoms with Gasteiger partial charge in [-0.05, 0) is 47.0 Å². The quantitative estimate of drug-likeness (QED) is 0.754. The van der Waals surface area contributed by atoms with Crippen LogP contribution in [0.1, 0.15) is 12.5 Å². The maximum atomic E-state index is 9.43. The lowest BCUT2D eigenvalue weighted by molar-refractivity contribution is 0.403. The Labute approximate surface area is 119 Å². The molecule has 1 aromatic heterocycles. The van der Waals surface area contributed by atoms with Crippen LogP contribution in [0.4, 0.5) is 5.95 Å². The van der Waals surface area contributed by atoms with Gasteiger partial charge in [0.15, 0.2) is 11.5 Å². The summed E-state index contributed by atoms with van der Waals surface area (Å²) in [6.07, 6.45) is 4.04. The number of anilines is 1. The molecule has 6 heteroatoms. The van der Waals surface area contributed by atoms with Gasteiger partial charge in [0.2, 0.25) is 5.95 Å². The van der Waals surface area contributed by atoms with Crippen LogP contribution in [-0.2, 0) is 6.42 Å². The van der Waals surface area contributed by atoms with Crippen LogP contribution in [0.3, 0.4) is 0 Å². The van der Waals surface area contributed by atoms with Crippen molar-refractivity contribution in [2.45, 2.75) is 19.4 Å². The third kappa shape index (κ3) is 3.82. The number of nitrogens with zero attached hydrogens (tertiary/aromatic N) is 2. The zero-order chi connectivity index (χ0) is 13.8. The van der Waals surface area contributed by atoms with E-state index in [1.54, 1.807) is 24.5 Å². The molecular formula is C13H14BrN3O2. The molecule has 2 aromatic rings. The molecular weight excluding hydrogens is 310 g/mol. The molecule has 0 saturated heterocycles. The Kier molecular flexibility index (Phi) is 4.21. The fourth-order valence-electron chi connectivity index (χ4n) is 1.71. The number of phenols is 2. The molecule has 1 atom stereocenters. The Balaban J connectivity index is 1.98. The Morgan fingerprint density at radius 1 is 1.21 bits per heavy atom. The molecule has 0 aliphatic carbocycles. The SMILES string of the molecule is C[C@@H](Cc1ccc(O)c(O)c1)Nc1ncc(Br)cn1. The molecule has 0 saturated carbocycles. The maximum Gasteiger partial charge on any atom is 0.222 e. The molecule has 5 nitrogen and oxygen atoms in total. The van der Waals surface area contributed by atoms with Crippen molar-refractivity contribution < 1.29 is 10.2 Å². The molecule has 0 radical (unpaired) electrons. The topological polar surface area (TPSA) is 78.3 Å². The summed E-state index contributed by atoms with van der Waals surface area (Å²) in [5.41, 5.74) is 0.924. The summed E-state index contributed by atoms with van der Waals surface area (Å²) in [7, 11) is 0. The van der Waals surface area contributed by atoms with Gasteiger partial charge in [-0.1, -0.05) is 6.07 Å². The first-order chi connectivity index (χ1) is 9.04. The highest BCUT2D eigenvalue weighted by atomic mass is 79.9. The largest absolute Gasteiger partial charge is 0.504 e. The average molecular weight is 324 g/mol. The summed E-state index contributed by atoms with van der Waals surface area (Å²) < 4.78 is 0.828. The Bertz CT molecular complexity index is 560. The highest BCUT2D eigenvalue weighted by molar-refractivity contribution is 9.10. The fourth-order valence-corrected chi connectivity index (χ4v) is 1.91. The summed E-state index contributed by atoms with van der Waals surface area (Å²) in [4.78, 5) is 8.27. The lowest BCUT2D eigenvalue weighted by Gasteiger charge is -2.14. The maximum absolute atomic E-state index is 9.43. The van der Waals surface area contributed by atoms with Crippen molar-refractivity contribution in [2.24, 2.45) is 0 Å². The van der Waals surface area contributed by atoms with E-state index in [1.165, 1.54) is 6.07 Å². The van der Waals surface area contributed by atoms with Crippen molar-refractivity contribution in [2.75, 3.05) is 5.32 Å². The van der Waals surface area contributed by atoms with Crippen molar-refractivity contribution in [1.82, 2.24) is 9.97 Å². The van der Waals surface area contributed by atoms with Gasteiger partial charge in [0.1, 0.15) is 0 Å². The second-order valence-electron chi connectivity index (χ2n) is 4.30. The van der Waals surface area contributed by atoms with Gasteiger partial charge in [0, 0.05) is 18.4 Å². The lowest BCUT2D eigenvalue weighted by Crippen LogP contribution is -2.19. The van der Waals surface area contributed by atoms with Crippen LogP contribution in [0.2, 0.25) is 0 Å². The molecule has 1 aromatic carbocycles. The van der Waals surface area contributed by atoms with Gasteiger partial charge >= 0.3 is 0 Å². The minimum Gasteiger partial charge on any atom is -0.504 e. The zero-order valence-corrected chi connectivity index (χ0v) is 11.9. The van der Waals surface area contributed by atoms with E-state index in [1.807, 2.05) is 6.92 Å². The first kappa shape index (κ1) is 13.6. The van der Waals surface area contributed by atoms with E-state index in [-0.39, 0.29) is 17.5 Å².